The summed E-state index contributed by atoms with van der Waals surface area (Å²) in [6.45, 7) is 4.94. The fourth-order valence-corrected chi connectivity index (χ4v) is 2.68. The minimum absolute atomic E-state index is 0.0611. The number of aryl methyl sites for hydroxylation is 1. The number of benzene rings is 2. The van der Waals surface area contributed by atoms with E-state index in [9.17, 15) is 4.79 Å². The van der Waals surface area contributed by atoms with Crippen LogP contribution in [0.3, 0.4) is 0 Å². The van der Waals surface area contributed by atoms with Crippen molar-refractivity contribution in [2.75, 3.05) is 23.3 Å². The molecule has 0 bridgehead atoms. The summed E-state index contributed by atoms with van der Waals surface area (Å²) in [6, 6.07) is 15.7. The van der Waals surface area contributed by atoms with E-state index >= 15 is 0 Å². The number of anilines is 2. The van der Waals surface area contributed by atoms with Crippen molar-refractivity contribution < 1.29 is 4.79 Å². The maximum Gasteiger partial charge on any atom is 0.246 e. The number of para-hydroxylation sites is 1. The SMILES string of the molecule is CCN(C(=O)CNc1ccc(Br)cc1C)c1ccccc1. The van der Waals surface area contributed by atoms with Gasteiger partial charge in [0.1, 0.15) is 0 Å². The molecule has 0 fully saturated rings. The molecule has 0 saturated heterocycles. The van der Waals surface area contributed by atoms with Crippen LogP contribution in [0.25, 0.3) is 0 Å². The van der Waals surface area contributed by atoms with Gasteiger partial charge in [-0.1, -0.05) is 34.1 Å². The molecule has 0 heterocycles. The first-order chi connectivity index (χ1) is 10.1. The van der Waals surface area contributed by atoms with Crippen LogP contribution >= 0.6 is 15.9 Å². The number of amides is 1. The highest BCUT2D eigenvalue weighted by Crippen LogP contribution is 2.20. The third kappa shape index (κ3) is 4.08. The molecule has 4 heteroatoms. The minimum atomic E-state index is 0.0611. The van der Waals surface area contributed by atoms with Crippen molar-refractivity contribution in [1.82, 2.24) is 0 Å². The number of nitrogens with one attached hydrogen (secondary N) is 1. The second kappa shape index (κ2) is 7.27. The number of hydrogen-bond donors (Lipinski definition) is 1. The van der Waals surface area contributed by atoms with E-state index in [0.29, 0.717) is 6.54 Å². The van der Waals surface area contributed by atoms with E-state index in [-0.39, 0.29) is 12.5 Å². The number of likely N-dealkylation sites (N-methyl/N-ethyl adjacent to an activating group) is 1. The standard InChI is InChI=1S/C17H19BrN2O/c1-3-20(15-7-5-4-6-8-15)17(21)12-19-16-10-9-14(18)11-13(16)2/h4-11,19H,3,12H2,1-2H3. The lowest BCUT2D eigenvalue weighted by Gasteiger charge is -2.21. The van der Waals surface area contributed by atoms with Gasteiger partial charge in [0, 0.05) is 22.4 Å². The minimum Gasteiger partial charge on any atom is -0.376 e. The van der Waals surface area contributed by atoms with Gasteiger partial charge in [0.05, 0.1) is 6.54 Å². The number of rotatable bonds is 5. The molecule has 0 atom stereocenters. The lowest BCUT2D eigenvalue weighted by molar-refractivity contribution is -0.116. The second-order valence-corrected chi connectivity index (χ2v) is 5.70. The molecule has 0 saturated carbocycles. The van der Waals surface area contributed by atoms with Crippen LogP contribution in [0.15, 0.2) is 53.0 Å². The van der Waals surface area contributed by atoms with E-state index in [0.717, 1.165) is 21.4 Å². The molecule has 0 aromatic heterocycles. The van der Waals surface area contributed by atoms with Crippen LogP contribution in [0.5, 0.6) is 0 Å². The number of carbonyl (C=O) groups excluding carboxylic acids is 1. The largest absolute Gasteiger partial charge is 0.376 e. The Morgan fingerprint density at radius 3 is 2.52 bits per heavy atom. The van der Waals surface area contributed by atoms with Gasteiger partial charge in [-0.15, -0.1) is 0 Å². The third-order valence-corrected chi connectivity index (χ3v) is 3.80. The predicted octanol–water partition coefficient (Wildman–Crippen LogP) is 4.22. The Morgan fingerprint density at radius 1 is 1.19 bits per heavy atom. The summed E-state index contributed by atoms with van der Waals surface area (Å²) >= 11 is 3.44. The lowest BCUT2D eigenvalue weighted by Crippen LogP contribution is -2.35. The third-order valence-electron chi connectivity index (χ3n) is 3.30. The van der Waals surface area contributed by atoms with Crippen molar-refractivity contribution >= 4 is 33.2 Å². The Bertz CT molecular complexity index is 613. The van der Waals surface area contributed by atoms with E-state index in [4.69, 9.17) is 0 Å². The molecule has 0 radical (unpaired) electrons. The van der Waals surface area contributed by atoms with Gasteiger partial charge in [0.25, 0.3) is 0 Å². The zero-order valence-electron chi connectivity index (χ0n) is 12.3. The van der Waals surface area contributed by atoms with Gasteiger partial charge in [0.2, 0.25) is 5.91 Å². The maximum absolute atomic E-state index is 12.4. The van der Waals surface area contributed by atoms with Gasteiger partial charge in [-0.2, -0.15) is 0 Å². The van der Waals surface area contributed by atoms with Crippen LogP contribution in [0, 0.1) is 6.92 Å². The van der Waals surface area contributed by atoms with Gasteiger partial charge in [-0.3, -0.25) is 4.79 Å². The summed E-state index contributed by atoms with van der Waals surface area (Å²) in [5.74, 6) is 0.0611. The van der Waals surface area contributed by atoms with Crippen molar-refractivity contribution in [3.63, 3.8) is 0 Å². The van der Waals surface area contributed by atoms with Crippen LogP contribution < -0.4 is 10.2 Å². The van der Waals surface area contributed by atoms with E-state index in [2.05, 4.69) is 21.2 Å². The Labute approximate surface area is 134 Å². The smallest absolute Gasteiger partial charge is 0.246 e. The van der Waals surface area contributed by atoms with Crippen LogP contribution in [0.2, 0.25) is 0 Å². The zero-order valence-corrected chi connectivity index (χ0v) is 13.9. The lowest BCUT2D eigenvalue weighted by atomic mass is 10.2. The molecule has 1 N–H and O–H groups in total. The molecule has 2 rings (SSSR count). The van der Waals surface area contributed by atoms with Gasteiger partial charge in [-0.05, 0) is 49.7 Å². The molecule has 0 unspecified atom stereocenters. The van der Waals surface area contributed by atoms with E-state index < -0.39 is 0 Å². The average Bonchev–Trinajstić information content (AvgIpc) is 2.48. The first-order valence-corrected chi connectivity index (χ1v) is 7.76. The van der Waals surface area contributed by atoms with Crippen molar-refractivity contribution in [2.45, 2.75) is 13.8 Å². The van der Waals surface area contributed by atoms with Crippen molar-refractivity contribution in [3.8, 4) is 0 Å². The van der Waals surface area contributed by atoms with E-state index in [1.807, 2.05) is 62.4 Å². The van der Waals surface area contributed by atoms with Crippen LogP contribution in [-0.4, -0.2) is 19.0 Å². The summed E-state index contributed by atoms with van der Waals surface area (Å²) in [6.07, 6.45) is 0. The number of carbonyl (C=O) groups is 1. The van der Waals surface area contributed by atoms with Gasteiger partial charge in [-0.25, -0.2) is 0 Å². The normalized spacial score (nSPS) is 10.2. The molecule has 0 aliphatic carbocycles. The quantitative estimate of drug-likeness (QED) is 0.878. The van der Waals surface area contributed by atoms with Gasteiger partial charge >= 0.3 is 0 Å². The Kier molecular flexibility index (Phi) is 5.39. The van der Waals surface area contributed by atoms with Crippen LogP contribution in [-0.2, 0) is 4.79 Å². The summed E-state index contributed by atoms with van der Waals surface area (Å²) in [5, 5.41) is 3.21. The van der Waals surface area contributed by atoms with Gasteiger partial charge < -0.3 is 10.2 Å². The fourth-order valence-electron chi connectivity index (χ4n) is 2.20. The van der Waals surface area contributed by atoms with Crippen LogP contribution in [0.1, 0.15) is 12.5 Å². The van der Waals surface area contributed by atoms with Crippen LogP contribution in [0.4, 0.5) is 11.4 Å². The number of halogens is 1. The maximum atomic E-state index is 12.4. The molecular weight excluding hydrogens is 328 g/mol. The molecule has 0 aliphatic heterocycles. The Balaban J connectivity index is 2.03. The van der Waals surface area contributed by atoms with E-state index in [1.165, 1.54) is 0 Å². The van der Waals surface area contributed by atoms with Gasteiger partial charge in [0.15, 0.2) is 0 Å². The second-order valence-electron chi connectivity index (χ2n) is 4.79. The zero-order chi connectivity index (χ0) is 15.2. The first kappa shape index (κ1) is 15.6. The number of nitrogens with zero attached hydrogens (tertiary/aromatic N) is 1. The summed E-state index contributed by atoms with van der Waals surface area (Å²) in [7, 11) is 0. The Morgan fingerprint density at radius 2 is 1.90 bits per heavy atom. The van der Waals surface area contributed by atoms with Crippen molar-refractivity contribution in [3.05, 3.63) is 58.6 Å². The molecule has 0 spiro atoms. The molecule has 110 valence electrons. The molecular formula is C17H19BrN2O. The van der Waals surface area contributed by atoms with E-state index in [1.54, 1.807) is 4.90 Å². The molecule has 2 aromatic carbocycles. The highest BCUT2D eigenvalue weighted by Gasteiger charge is 2.13. The highest BCUT2D eigenvalue weighted by atomic mass is 79.9. The highest BCUT2D eigenvalue weighted by molar-refractivity contribution is 9.10. The summed E-state index contributed by atoms with van der Waals surface area (Å²) in [5.41, 5.74) is 3.02. The summed E-state index contributed by atoms with van der Waals surface area (Å²) < 4.78 is 1.04. The monoisotopic (exact) mass is 346 g/mol. The summed E-state index contributed by atoms with van der Waals surface area (Å²) in [4.78, 5) is 14.2. The molecule has 2 aromatic rings. The molecule has 1 amide bonds. The number of hydrogen-bond acceptors (Lipinski definition) is 2. The Hall–Kier alpha value is -1.81. The topological polar surface area (TPSA) is 32.3 Å². The fraction of sp³-hybridized carbons (Fsp3) is 0.235. The molecule has 3 nitrogen and oxygen atoms in total. The van der Waals surface area contributed by atoms with Crippen molar-refractivity contribution in [1.29, 1.82) is 0 Å². The first-order valence-electron chi connectivity index (χ1n) is 6.97. The molecule has 0 aliphatic rings. The average molecular weight is 347 g/mol. The van der Waals surface area contributed by atoms with Crippen molar-refractivity contribution in [2.24, 2.45) is 0 Å². The predicted molar refractivity (Wildman–Crippen MR) is 91.8 cm³/mol. The molecule has 21 heavy (non-hydrogen) atoms.